The Morgan fingerprint density at radius 2 is 1.13 bits per heavy atom. The summed E-state index contributed by atoms with van der Waals surface area (Å²) in [5.74, 6) is 1.98. The Morgan fingerprint density at radius 1 is 0.474 bits per heavy atom. The number of rotatable bonds is 3. The second kappa shape index (κ2) is 8.33. The van der Waals surface area contributed by atoms with E-state index in [2.05, 4.69) is 84.9 Å². The third-order valence-corrected chi connectivity index (χ3v) is 8.04. The fourth-order valence-electron chi connectivity index (χ4n) is 5.03. The summed E-state index contributed by atoms with van der Waals surface area (Å²) in [6.45, 7) is 0. The van der Waals surface area contributed by atoms with Gasteiger partial charge in [0, 0.05) is 26.6 Å². The lowest BCUT2D eigenvalue weighted by Crippen LogP contribution is -1.99. The van der Waals surface area contributed by atoms with Crippen LogP contribution < -0.4 is 0 Å². The second-order valence-electron chi connectivity index (χ2n) is 9.33. The third kappa shape index (κ3) is 3.48. The summed E-state index contributed by atoms with van der Waals surface area (Å²) in [6.07, 6.45) is 0. The fraction of sp³-hybridized carbons (Fsp3) is 0. The van der Waals surface area contributed by atoms with Crippen molar-refractivity contribution in [1.82, 2.24) is 15.0 Å². The zero-order valence-electron chi connectivity index (χ0n) is 20.1. The highest BCUT2D eigenvalue weighted by Gasteiger charge is 2.16. The van der Waals surface area contributed by atoms with Gasteiger partial charge in [-0.15, -0.1) is 11.3 Å². The van der Waals surface area contributed by atoms with E-state index in [9.17, 15) is 0 Å². The Hall–Kier alpha value is -4.87. The molecule has 38 heavy (non-hydrogen) atoms. The summed E-state index contributed by atoms with van der Waals surface area (Å²) < 4.78 is 7.26. The van der Waals surface area contributed by atoms with Crippen LogP contribution in [-0.4, -0.2) is 15.0 Å². The van der Waals surface area contributed by atoms with E-state index in [1.54, 1.807) is 11.3 Å². The Bertz CT molecular complexity index is 2120. The van der Waals surface area contributed by atoms with Gasteiger partial charge in [-0.25, -0.2) is 15.0 Å². The Labute approximate surface area is 221 Å². The molecular formula is C33H19N3OS. The molecule has 0 bridgehead atoms. The van der Waals surface area contributed by atoms with E-state index in [0.29, 0.717) is 17.5 Å². The molecule has 5 aromatic carbocycles. The highest BCUT2D eigenvalue weighted by molar-refractivity contribution is 7.22. The minimum absolute atomic E-state index is 0.641. The lowest BCUT2D eigenvalue weighted by Gasteiger charge is -2.08. The first-order chi connectivity index (χ1) is 18.8. The number of aromatic nitrogens is 3. The van der Waals surface area contributed by atoms with Crippen LogP contribution >= 0.6 is 11.3 Å². The van der Waals surface area contributed by atoms with Crippen LogP contribution in [0.3, 0.4) is 0 Å². The molecule has 0 spiro atoms. The number of hydrogen-bond donors (Lipinski definition) is 0. The molecule has 0 fully saturated rings. The van der Waals surface area contributed by atoms with Crippen molar-refractivity contribution in [3.8, 4) is 33.5 Å². The van der Waals surface area contributed by atoms with Crippen molar-refractivity contribution in [1.29, 1.82) is 0 Å². The smallest absolute Gasteiger partial charge is 0.174 e. The van der Waals surface area contributed by atoms with Gasteiger partial charge in [-0.05, 0) is 58.6 Å². The molecule has 0 radical (unpaired) electrons. The topological polar surface area (TPSA) is 51.8 Å². The maximum Gasteiger partial charge on any atom is 0.174 e. The van der Waals surface area contributed by atoms with Crippen molar-refractivity contribution < 1.29 is 4.42 Å². The molecule has 8 aromatic rings. The third-order valence-electron chi connectivity index (χ3n) is 6.92. The number of hydrogen-bond acceptors (Lipinski definition) is 5. The van der Waals surface area contributed by atoms with Crippen LogP contribution in [-0.2, 0) is 0 Å². The Morgan fingerprint density at radius 3 is 2.00 bits per heavy atom. The molecule has 0 unspecified atom stereocenters. The van der Waals surface area contributed by atoms with Crippen molar-refractivity contribution in [2.45, 2.75) is 0 Å². The maximum absolute atomic E-state index is 6.05. The minimum atomic E-state index is 0.641. The molecule has 0 saturated carbocycles. The van der Waals surface area contributed by atoms with E-state index < -0.39 is 0 Å². The van der Waals surface area contributed by atoms with Gasteiger partial charge in [-0.3, -0.25) is 0 Å². The van der Waals surface area contributed by atoms with Gasteiger partial charge in [-0.1, -0.05) is 72.8 Å². The summed E-state index contributed by atoms with van der Waals surface area (Å²) in [7, 11) is 0. The van der Waals surface area contributed by atoms with E-state index in [4.69, 9.17) is 19.4 Å². The van der Waals surface area contributed by atoms with Crippen LogP contribution in [0.1, 0.15) is 0 Å². The highest BCUT2D eigenvalue weighted by atomic mass is 32.1. The standard InChI is InChI=1S/C33H19N3OS/c1-2-8-21-17-23(14-13-20(21)7-1)31-34-32(36-33(35-31)30-19-22-9-3-6-12-29(22)38-30)24-15-16-28-26(18-24)25-10-4-5-11-27(25)37-28/h1-19H. The van der Waals surface area contributed by atoms with E-state index in [1.165, 1.54) is 15.5 Å². The maximum atomic E-state index is 6.05. The van der Waals surface area contributed by atoms with Gasteiger partial charge in [0.2, 0.25) is 0 Å². The summed E-state index contributed by atoms with van der Waals surface area (Å²) in [4.78, 5) is 16.0. The molecule has 3 aromatic heterocycles. The minimum Gasteiger partial charge on any atom is -0.456 e. The monoisotopic (exact) mass is 505 g/mol. The first-order valence-corrected chi connectivity index (χ1v) is 13.3. The van der Waals surface area contributed by atoms with Gasteiger partial charge in [0.15, 0.2) is 17.5 Å². The molecule has 0 N–H and O–H groups in total. The van der Waals surface area contributed by atoms with Crippen LogP contribution in [0.2, 0.25) is 0 Å². The van der Waals surface area contributed by atoms with Gasteiger partial charge in [0.25, 0.3) is 0 Å². The van der Waals surface area contributed by atoms with Gasteiger partial charge < -0.3 is 4.42 Å². The summed E-state index contributed by atoms with van der Waals surface area (Å²) in [5.41, 5.74) is 3.61. The van der Waals surface area contributed by atoms with E-state index >= 15 is 0 Å². The summed E-state index contributed by atoms with van der Waals surface area (Å²) in [6, 6.07) is 39.5. The fourth-order valence-corrected chi connectivity index (χ4v) is 6.03. The zero-order valence-corrected chi connectivity index (χ0v) is 20.9. The van der Waals surface area contributed by atoms with Gasteiger partial charge in [0.05, 0.1) is 4.88 Å². The molecule has 3 heterocycles. The number of furan rings is 1. The predicted molar refractivity (Wildman–Crippen MR) is 156 cm³/mol. The van der Waals surface area contributed by atoms with Crippen LogP contribution in [0, 0.1) is 0 Å². The molecule has 178 valence electrons. The number of para-hydroxylation sites is 1. The molecule has 0 aliphatic rings. The predicted octanol–water partition coefficient (Wildman–Crippen LogP) is 9.14. The number of nitrogens with zero attached hydrogens (tertiary/aromatic N) is 3. The quantitative estimate of drug-likeness (QED) is 0.240. The SMILES string of the molecule is c1ccc2cc(-c3nc(-c4ccc5oc6ccccc6c5c4)nc(-c4cc5ccccc5s4)n3)ccc2c1. The highest BCUT2D eigenvalue weighted by Crippen LogP contribution is 2.35. The van der Waals surface area contributed by atoms with Crippen LogP contribution in [0.25, 0.3) is 76.3 Å². The van der Waals surface area contributed by atoms with Crippen molar-refractivity contribution in [2.24, 2.45) is 0 Å². The average Bonchev–Trinajstić information content (AvgIpc) is 3.58. The van der Waals surface area contributed by atoms with Crippen LogP contribution in [0.4, 0.5) is 0 Å². The summed E-state index contributed by atoms with van der Waals surface area (Å²) >= 11 is 1.70. The first kappa shape index (κ1) is 21.2. The second-order valence-corrected chi connectivity index (χ2v) is 10.4. The van der Waals surface area contributed by atoms with Crippen LogP contribution in [0.15, 0.2) is 120 Å². The first-order valence-electron chi connectivity index (χ1n) is 12.4. The molecule has 0 amide bonds. The largest absolute Gasteiger partial charge is 0.456 e. The Balaban J connectivity index is 1.36. The molecule has 0 atom stereocenters. The molecule has 0 saturated heterocycles. The van der Waals surface area contributed by atoms with E-state index in [-0.39, 0.29) is 0 Å². The van der Waals surface area contributed by atoms with Gasteiger partial charge in [-0.2, -0.15) is 0 Å². The molecule has 4 nitrogen and oxygen atoms in total. The number of fused-ring (bicyclic) bond motifs is 5. The zero-order chi connectivity index (χ0) is 25.1. The molecule has 0 aliphatic carbocycles. The Kier molecular flexibility index (Phi) is 4.66. The number of thiophene rings is 1. The number of benzene rings is 5. The van der Waals surface area contributed by atoms with E-state index in [1.807, 2.05) is 30.3 Å². The van der Waals surface area contributed by atoms with Gasteiger partial charge in [0.1, 0.15) is 11.2 Å². The molecular weight excluding hydrogens is 486 g/mol. The van der Waals surface area contributed by atoms with Crippen molar-refractivity contribution in [3.05, 3.63) is 115 Å². The van der Waals surface area contributed by atoms with Crippen molar-refractivity contribution >= 4 is 54.1 Å². The average molecular weight is 506 g/mol. The van der Waals surface area contributed by atoms with E-state index in [0.717, 1.165) is 43.3 Å². The molecule has 5 heteroatoms. The summed E-state index contributed by atoms with van der Waals surface area (Å²) in [5, 5.41) is 5.66. The van der Waals surface area contributed by atoms with Crippen molar-refractivity contribution in [2.75, 3.05) is 0 Å². The lowest BCUT2D eigenvalue weighted by atomic mass is 10.1. The van der Waals surface area contributed by atoms with Gasteiger partial charge >= 0.3 is 0 Å². The molecule has 8 rings (SSSR count). The molecule has 0 aliphatic heterocycles. The van der Waals surface area contributed by atoms with Crippen molar-refractivity contribution in [3.63, 3.8) is 0 Å². The normalized spacial score (nSPS) is 11.7. The lowest BCUT2D eigenvalue weighted by molar-refractivity contribution is 0.669. The van der Waals surface area contributed by atoms with Crippen LogP contribution in [0.5, 0.6) is 0 Å².